The molecule has 4 aromatic heterocycles. The fourth-order valence-electron chi connectivity index (χ4n) is 3.71. The molecule has 0 N–H and O–H groups in total. The van der Waals surface area contributed by atoms with Crippen LogP contribution < -0.4 is 4.90 Å². The van der Waals surface area contributed by atoms with Crippen LogP contribution >= 0.6 is 11.3 Å². The Balaban J connectivity index is 1.40. The van der Waals surface area contributed by atoms with E-state index in [1.54, 1.807) is 17.0 Å². The van der Waals surface area contributed by atoms with E-state index < -0.39 is 36.7 Å². The molecule has 38 heavy (non-hydrogen) atoms. The van der Waals surface area contributed by atoms with Crippen molar-refractivity contribution in [2.45, 2.75) is 31.5 Å². The van der Waals surface area contributed by atoms with Crippen LogP contribution in [-0.4, -0.2) is 60.1 Å². The lowest BCUT2D eigenvalue weighted by Crippen LogP contribution is -2.42. The predicted molar refractivity (Wildman–Crippen MR) is 123 cm³/mol. The summed E-state index contributed by atoms with van der Waals surface area (Å²) >= 11 is 1.12. The number of halogens is 5. The minimum Gasteiger partial charge on any atom is -0.338 e. The van der Waals surface area contributed by atoms with Gasteiger partial charge in [0, 0.05) is 43.2 Å². The number of carbonyl (C=O) groups is 1. The Bertz CT molecular complexity index is 1420. The van der Waals surface area contributed by atoms with Gasteiger partial charge in [0.05, 0.1) is 29.4 Å². The maximum Gasteiger partial charge on any atom is 0.471 e. The summed E-state index contributed by atoms with van der Waals surface area (Å²) in [6.07, 6.45) is 0.0537. The topological polar surface area (TPSA) is 114 Å². The Morgan fingerprint density at radius 2 is 1.92 bits per heavy atom. The highest BCUT2D eigenvalue weighted by Crippen LogP contribution is 2.34. The van der Waals surface area contributed by atoms with Gasteiger partial charge in [0.25, 0.3) is 11.8 Å². The number of hydrogen-bond donors (Lipinski definition) is 0. The van der Waals surface area contributed by atoms with Gasteiger partial charge in [-0.2, -0.15) is 23.3 Å². The molecule has 0 bridgehead atoms. The van der Waals surface area contributed by atoms with E-state index in [1.165, 1.54) is 35.8 Å². The molecule has 4 aromatic rings. The molecule has 5 rings (SSSR count). The number of likely N-dealkylation sites (tertiary alicyclic amines) is 1. The first-order valence-electron chi connectivity index (χ1n) is 11.1. The molecule has 1 aliphatic rings. The smallest absolute Gasteiger partial charge is 0.338 e. The van der Waals surface area contributed by atoms with Gasteiger partial charge in [-0.1, -0.05) is 5.16 Å². The molecule has 5 heterocycles. The highest BCUT2D eigenvalue weighted by Gasteiger charge is 2.39. The molecule has 0 aliphatic carbocycles. The van der Waals surface area contributed by atoms with Crippen LogP contribution in [0.3, 0.4) is 0 Å². The van der Waals surface area contributed by atoms with E-state index in [0.717, 1.165) is 11.3 Å². The van der Waals surface area contributed by atoms with Crippen molar-refractivity contribution in [3.63, 3.8) is 0 Å². The zero-order valence-corrected chi connectivity index (χ0v) is 20.1. The summed E-state index contributed by atoms with van der Waals surface area (Å²) in [5.41, 5.74) is 0.160. The average molecular weight is 552 g/mol. The Kier molecular flexibility index (Phi) is 6.73. The first-order valence-corrected chi connectivity index (χ1v) is 11.9. The summed E-state index contributed by atoms with van der Waals surface area (Å²) in [6.45, 7) is -0.0292. The fraction of sp³-hybridized carbons (Fsp3) is 0.318. The van der Waals surface area contributed by atoms with Gasteiger partial charge in [-0.25, -0.2) is 13.8 Å². The van der Waals surface area contributed by atoms with Crippen molar-refractivity contribution >= 4 is 28.9 Å². The van der Waals surface area contributed by atoms with E-state index in [2.05, 4.69) is 34.8 Å². The minimum atomic E-state index is -4.76. The van der Waals surface area contributed by atoms with E-state index in [-0.39, 0.29) is 36.8 Å². The molecule has 0 spiro atoms. The molecule has 1 aliphatic heterocycles. The summed E-state index contributed by atoms with van der Waals surface area (Å²) in [7, 11) is 0. The summed E-state index contributed by atoms with van der Waals surface area (Å²) in [5.74, 6) is -4.31. The van der Waals surface area contributed by atoms with Crippen molar-refractivity contribution in [2.24, 2.45) is 0 Å². The molecule has 1 saturated heterocycles. The van der Waals surface area contributed by atoms with Crippen LogP contribution in [0.5, 0.6) is 0 Å². The van der Waals surface area contributed by atoms with Crippen molar-refractivity contribution in [2.75, 3.05) is 18.0 Å². The van der Waals surface area contributed by atoms with E-state index in [4.69, 9.17) is 0 Å². The van der Waals surface area contributed by atoms with Gasteiger partial charge in [-0.3, -0.25) is 9.78 Å². The van der Waals surface area contributed by atoms with Crippen molar-refractivity contribution in [3.05, 3.63) is 59.3 Å². The van der Waals surface area contributed by atoms with Crippen molar-refractivity contribution in [1.29, 1.82) is 0 Å². The maximum absolute atomic E-state index is 13.5. The van der Waals surface area contributed by atoms with Gasteiger partial charge in [0.1, 0.15) is 0 Å². The molecule has 1 fully saturated rings. The number of thiophene rings is 1. The number of hydrogen-bond acceptors (Lipinski definition) is 10. The number of carbonyl (C=O) groups excluding carboxylic acids is 1. The number of piperidine rings is 1. The zero-order valence-electron chi connectivity index (χ0n) is 19.3. The number of anilines is 2. The van der Waals surface area contributed by atoms with Gasteiger partial charge in [0.2, 0.25) is 5.82 Å². The third-order valence-corrected chi connectivity index (χ3v) is 6.70. The summed E-state index contributed by atoms with van der Waals surface area (Å²) in [6, 6.07) is 4.70. The molecule has 0 saturated carbocycles. The highest BCUT2D eigenvalue weighted by atomic mass is 32.1. The summed E-state index contributed by atoms with van der Waals surface area (Å²) in [4.78, 5) is 28.7. The van der Waals surface area contributed by atoms with Crippen molar-refractivity contribution < 1.29 is 31.3 Å². The third kappa shape index (κ3) is 5.58. The lowest BCUT2D eigenvalue weighted by molar-refractivity contribution is -0.159. The standard InChI is InChI=1S/C22H17F5N8O2S/c23-21(24)3-7-34(8-4-21)19(36)13-9-16(32-30-10-13)35(17-11-28-5-6-29-17)12-14-1-2-15(38-14)18-31-20(37-33-18)22(25,26)27/h1-2,5-6,9-11H,3-4,7-8,12H2. The molecular weight excluding hydrogens is 535 g/mol. The quantitative estimate of drug-likeness (QED) is 0.317. The second kappa shape index (κ2) is 10.00. The zero-order chi connectivity index (χ0) is 26.9. The number of aromatic nitrogens is 6. The van der Waals surface area contributed by atoms with Gasteiger partial charge >= 0.3 is 12.1 Å². The first-order chi connectivity index (χ1) is 18.1. The fourth-order valence-corrected chi connectivity index (χ4v) is 4.63. The monoisotopic (exact) mass is 552 g/mol. The summed E-state index contributed by atoms with van der Waals surface area (Å²) < 4.78 is 69.8. The normalized spacial score (nSPS) is 15.4. The average Bonchev–Trinajstić information content (AvgIpc) is 3.57. The number of rotatable bonds is 6. The molecule has 198 valence electrons. The largest absolute Gasteiger partial charge is 0.471 e. The van der Waals surface area contributed by atoms with Crippen molar-refractivity contribution in [3.8, 4) is 10.7 Å². The molecule has 0 radical (unpaired) electrons. The molecule has 1 amide bonds. The van der Waals surface area contributed by atoms with Crippen LogP contribution in [0.1, 0.15) is 34.0 Å². The van der Waals surface area contributed by atoms with E-state index in [1.807, 2.05) is 0 Å². The summed E-state index contributed by atoms with van der Waals surface area (Å²) in [5, 5.41) is 11.4. The lowest BCUT2D eigenvalue weighted by atomic mass is 10.1. The van der Waals surface area contributed by atoms with Crippen molar-refractivity contribution in [1.82, 2.24) is 35.2 Å². The van der Waals surface area contributed by atoms with Crippen LogP contribution in [0.15, 0.2) is 47.5 Å². The van der Waals surface area contributed by atoms with Gasteiger partial charge < -0.3 is 14.3 Å². The van der Waals surface area contributed by atoms with Crippen LogP contribution in [0.25, 0.3) is 10.7 Å². The molecule has 16 heteroatoms. The molecule has 10 nitrogen and oxygen atoms in total. The van der Waals surface area contributed by atoms with Gasteiger partial charge in [-0.05, 0) is 18.2 Å². The molecule has 0 unspecified atom stereocenters. The Hall–Kier alpha value is -4.08. The van der Waals surface area contributed by atoms with Gasteiger partial charge in [0.15, 0.2) is 11.6 Å². The van der Waals surface area contributed by atoms with E-state index in [9.17, 15) is 26.7 Å². The number of amides is 1. The van der Waals surface area contributed by atoms with Crippen LogP contribution in [0.4, 0.5) is 33.6 Å². The minimum absolute atomic E-state index is 0.0819. The predicted octanol–water partition coefficient (Wildman–Crippen LogP) is 4.61. The Morgan fingerprint density at radius 1 is 1.13 bits per heavy atom. The van der Waals surface area contributed by atoms with E-state index in [0.29, 0.717) is 15.6 Å². The maximum atomic E-state index is 13.5. The lowest BCUT2D eigenvalue weighted by Gasteiger charge is -2.31. The molecule has 0 aromatic carbocycles. The third-order valence-electron chi connectivity index (χ3n) is 5.64. The second-order valence-corrected chi connectivity index (χ2v) is 9.46. The van der Waals surface area contributed by atoms with Crippen LogP contribution in [0.2, 0.25) is 0 Å². The number of alkyl halides is 5. The Morgan fingerprint density at radius 3 is 2.61 bits per heavy atom. The molecule has 0 atom stereocenters. The Labute approximate surface area is 215 Å². The SMILES string of the molecule is O=C(c1cnnc(N(Cc2ccc(-c3noc(C(F)(F)F)n3)s2)c2cnccn2)c1)N1CCC(F)(F)CC1. The van der Waals surface area contributed by atoms with Crippen LogP contribution in [-0.2, 0) is 12.7 Å². The second-order valence-electron chi connectivity index (χ2n) is 8.29. The van der Waals surface area contributed by atoms with Gasteiger partial charge in [-0.15, -0.1) is 16.4 Å². The molecular formula is C22H17F5N8O2S. The number of nitrogens with zero attached hydrogens (tertiary/aromatic N) is 8. The highest BCUT2D eigenvalue weighted by molar-refractivity contribution is 7.15. The first kappa shape index (κ1) is 25.6. The van der Waals surface area contributed by atoms with Crippen LogP contribution in [0, 0.1) is 0 Å². The van der Waals surface area contributed by atoms with E-state index >= 15 is 0 Å².